The van der Waals surface area contributed by atoms with Gasteiger partial charge in [-0.1, -0.05) is 34.3 Å². The van der Waals surface area contributed by atoms with Gasteiger partial charge < -0.3 is 15.6 Å². The first-order valence-electron chi connectivity index (χ1n) is 8.80. The zero-order valence-electron chi connectivity index (χ0n) is 15.8. The summed E-state index contributed by atoms with van der Waals surface area (Å²) in [6.45, 7) is 1.84. The molecular formula is C17H15N5O5S4. The molecule has 2 aromatic rings. The Labute approximate surface area is 192 Å². The number of aromatic nitrogens is 2. The number of carboxylic acid groups (broad SMARTS) is 1. The molecule has 0 unspecified atom stereocenters. The van der Waals surface area contributed by atoms with E-state index in [1.54, 1.807) is 17.5 Å². The van der Waals surface area contributed by atoms with Crippen molar-refractivity contribution in [2.24, 2.45) is 5.16 Å². The highest BCUT2D eigenvalue weighted by molar-refractivity contribution is 8.01. The molecule has 14 heteroatoms. The topological polar surface area (TPSA) is 145 Å². The van der Waals surface area contributed by atoms with E-state index in [0.717, 1.165) is 9.35 Å². The number of aliphatic carboxylic acids is 1. The molecule has 0 saturated carbocycles. The van der Waals surface area contributed by atoms with Gasteiger partial charge in [0.25, 0.3) is 11.8 Å². The Morgan fingerprint density at radius 2 is 2.23 bits per heavy atom. The van der Waals surface area contributed by atoms with Crippen molar-refractivity contribution in [1.82, 2.24) is 20.4 Å². The van der Waals surface area contributed by atoms with Crippen LogP contribution >= 0.6 is 46.2 Å². The van der Waals surface area contributed by atoms with Crippen molar-refractivity contribution in [3.05, 3.63) is 38.7 Å². The second-order valence-corrected chi connectivity index (χ2v) is 10.9. The van der Waals surface area contributed by atoms with Gasteiger partial charge in [0.1, 0.15) is 22.1 Å². The number of thioether (sulfide) groups is 2. The molecule has 162 valence electrons. The molecule has 1 fully saturated rings. The summed E-state index contributed by atoms with van der Waals surface area (Å²) in [7, 11) is 0. The molecule has 0 aliphatic carbocycles. The molecule has 0 spiro atoms. The molecule has 3 N–H and O–H groups in total. The first-order valence-corrected chi connectivity index (χ1v) is 12.5. The molecule has 0 aromatic carbocycles. The number of hydrogen-bond donors (Lipinski definition) is 3. The van der Waals surface area contributed by atoms with E-state index in [4.69, 9.17) is 0 Å². The van der Waals surface area contributed by atoms with Crippen molar-refractivity contribution in [3.8, 4) is 0 Å². The Morgan fingerprint density at radius 3 is 2.84 bits per heavy atom. The Balaban J connectivity index is 1.48. The van der Waals surface area contributed by atoms with Gasteiger partial charge in [-0.25, -0.2) is 4.79 Å². The Bertz CT molecular complexity index is 1100. The summed E-state index contributed by atoms with van der Waals surface area (Å²) in [5.41, 5.74) is 0.365. The van der Waals surface area contributed by atoms with Crippen molar-refractivity contribution >= 4 is 69.7 Å². The van der Waals surface area contributed by atoms with E-state index >= 15 is 0 Å². The third kappa shape index (κ3) is 4.20. The fraction of sp³-hybridized carbons (Fsp3) is 0.294. The number of amides is 2. The summed E-state index contributed by atoms with van der Waals surface area (Å²) >= 11 is 5.39. The molecule has 2 amide bonds. The van der Waals surface area contributed by atoms with Gasteiger partial charge in [0.2, 0.25) is 0 Å². The highest BCUT2D eigenvalue weighted by atomic mass is 32.2. The lowest BCUT2D eigenvalue weighted by Crippen LogP contribution is -2.71. The van der Waals surface area contributed by atoms with Crippen LogP contribution in [-0.4, -0.2) is 71.8 Å². The number of hydrogen-bond acceptors (Lipinski definition) is 11. The van der Waals surface area contributed by atoms with Gasteiger partial charge in [-0.3, -0.25) is 14.5 Å². The fourth-order valence-corrected chi connectivity index (χ4v) is 7.12. The summed E-state index contributed by atoms with van der Waals surface area (Å²) in [5, 5.41) is 34.5. The molecule has 2 aromatic heterocycles. The smallest absolute Gasteiger partial charge is 0.352 e. The number of carbonyl (C=O) groups excluding carboxylic acids is 2. The molecule has 4 rings (SSSR count). The van der Waals surface area contributed by atoms with E-state index in [1.807, 2.05) is 6.92 Å². The largest absolute Gasteiger partial charge is 0.477 e. The SMILES string of the molecule is Cc1nnc(SCC2=C(C(=O)O)N3C(=O)[C@@H](NC(=O)C(=NO)c4cccs4)[C@@H]3SC2)s1. The Kier molecular flexibility index (Phi) is 6.31. The molecule has 10 nitrogen and oxygen atoms in total. The highest BCUT2D eigenvalue weighted by Crippen LogP contribution is 2.41. The van der Waals surface area contributed by atoms with Crippen molar-refractivity contribution in [2.75, 3.05) is 11.5 Å². The van der Waals surface area contributed by atoms with E-state index < -0.39 is 29.2 Å². The van der Waals surface area contributed by atoms with Gasteiger partial charge in [-0.2, -0.15) is 0 Å². The molecule has 2 aliphatic heterocycles. The number of nitrogens with one attached hydrogen (secondary N) is 1. The number of thiophene rings is 1. The number of fused-ring (bicyclic) bond motifs is 1. The van der Waals surface area contributed by atoms with Crippen LogP contribution in [0.4, 0.5) is 0 Å². The first-order chi connectivity index (χ1) is 14.9. The maximum atomic E-state index is 12.7. The van der Waals surface area contributed by atoms with Crippen LogP contribution in [0.15, 0.2) is 38.3 Å². The normalized spacial score (nSPS) is 21.0. The van der Waals surface area contributed by atoms with Crippen LogP contribution in [0.3, 0.4) is 0 Å². The number of carboxylic acids is 1. The van der Waals surface area contributed by atoms with Crippen LogP contribution in [0.1, 0.15) is 9.88 Å². The van der Waals surface area contributed by atoms with Gasteiger partial charge in [0.15, 0.2) is 10.1 Å². The molecular weight excluding hydrogens is 482 g/mol. The van der Waals surface area contributed by atoms with Crippen LogP contribution in [0.2, 0.25) is 0 Å². The lowest BCUT2D eigenvalue weighted by molar-refractivity contribution is -0.150. The Morgan fingerprint density at radius 1 is 1.42 bits per heavy atom. The van der Waals surface area contributed by atoms with E-state index in [-0.39, 0.29) is 11.4 Å². The lowest BCUT2D eigenvalue weighted by Gasteiger charge is -2.49. The predicted molar refractivity (Wildman–Crippen MR) is 118 cm³/mol. The lowest BCUT2D eigenvalue weighted by atomic mass is 10.0. The molecule has 0 bridgehead atoms. The number of β-lactam (4-membered cyclic amide) rings is 1. The van der Waals surface area contributed by atoms with Crippen molar-refractivity contribution in [2.45, 2.75) is 22.7 Å². The highest BCUT2D eigenvalue weighted by Gasteiger charge is 2.54. The number of nitrogens with zero attached hydrogens (tertiary/aromatic N) is 4. The Hall–Kier alpha value is -2.42. The van der Waals surface area contributed by atoms with Gasteiger partial charge >= 0.3 is 5.97 Å². The van der Waals surface area contributed by atoms with Gasteiger partial charge in [-0.05, 0) is 23.9 Å². The molecule has 1 saturated heterocycles. The summed E-state index contributed by atoms with van der Waals surface area (Å²) in [4.78, 5) is 38.8. The minimum absolute atomic E-state index is 0.0534. The maximum Gasteiger partial charge on any atom is 0.352 e. The second kappa shape index (κ2) is 8.98. The molecule has 0 radical (unpaired) electrons. The number of carbonyl (C=O) groups is 3. The van der Waals surface area contributed by atoms with E-state index in [1.165, 1.54) is 51.1 Å². The predicted octanol–water partition coefficient (Wildman–Crippen LogP) is 1.62. The third-order valence-electron chi connectivity index (χ3n) is 4.48. The third-order valence-corrected chi connectivity index (χ3v) is 8.76. The van der Waals surface area contributed by atoms with Crippen LogP contribution in [0.5, 0.6) is 0 Å². The molecule has 2 aliphatic rings. The maximum absolute atomic E-state index is 12.7. The standard InChI is InChI=1S/C17H15N5O5S4/c1-7-19-20-17(31-7)30-6-8-5-29-15-11(14(24)22(15)12(8)16(25)26)18-13(23)10(21-27)9-3-2-4-28-9/h2-4,11,15,27H,5-6H2,1H3,(H,18,23)(H,25,26)/t11-,15+/m1/s1. The average Bonchev–Trinajstić information content (AvgIpc) is 3.42. The molecule has 31 heavy (non-hydrogen) atoms. The van der Waals surface area contributed by atoms with Gasteiger partial charge in [-0.15, -0.1) is 33.3 Å². The van der Waals surface area contributed by atoms with Crippen LogP contribution in [0, 0.1) is 6.92 Å². The van der Waals surface area contributed by atoms with Crippen LogP contribution in [-0.2, 0) is 14.4 Å². The zero-order chi connectivity index (χ0) is 22.1. The van der Waals surface area contributed by atoms with Crippen molar-refractivity contribution < 1.29 is 24.7 Å². The van der Waals surface area contributed by atoms with E-state index in [2.05, 4.69) is 20.7 Å². The minimum Gasteiger partial charge on any atom is -0.477 e. The second-order valence-electron chi connectivity index (χ2n) is 6.42. The number of aryl methyl sites for hydroxylation is 1. The molecule has 4 heterocycles. The zero-order valence-corrected chi connectivity index (χ0v) is 19.1. The van der Waals surface area contributed by atoms with Crippen LogP contribution < -0.4 is 5.32 Å². The van der Waals surface area contributed by atoms with Gasteiger partial charge in [0.05, 0.1) is 4.88 Å². The minimum atomic E-state index is -1.19. The molecule has 2 atom stereocenters. The average molecular weight is 498 g/mol. The van der Waals surface area contributed by atoms with Gasteiger partial charge in [0, 0.05) is 11.5 Å². The summed E-state index contributed by atoms with van der Waals surface area (Å²) in [6, 6.07) is 2.43. The van der Waals surface area contributed by atoms with E-state index in [9.17, 15) is 24.7 Å². The first kappa shape index (κ1) is 21.8. The summed E-state index contributed by atoms with van der Waals surface area (Å²) < 4.78 is 0.728. The number of rotatable bonds is 7. The number of oxime groups is 1. The van der Waals surface area contributed by atoms with E-state index in [0.29, 0.717) is 22.0 Å². The quantitative estimate of drug-likeness (QED) is 0.171. The fourth-order valence-electron chi connectivity index (χ4n) is 3.11. The monoisotopic (exact) mass is 497 g/mol. The summed E-state index contributed by atoms with van der Waals surface area (Å²) in [6.07, 6.45) is 0. The summed E-state index contributed by atoms with van der Waals surface area (Å²) in [5.74, 6) is -1.63. The van der Waals surface area contributed by atoms with Crippen molar-refractivity contribution in [1.29, 1.82) is 0 Å². The van der Waals surface area contributed by atoms with Crippen LogP contribution in [0.25, 0.3) is 0 Å². The van der Waals surface area contributed by atoms with Crippen molar-refractivity contribution in [3.63, 3.8) is 0 Å².